The Morgan fingerprint density at radius 1 is 1.14 bits per heavy atom. The second-order valence-electron chi connectivity index (χ2n) is 6.45. The molecule has 3 heterocycles. The van der Waals surface area contributed by atoms with Crippen molar-refractivity contribution in [3.05, 3.63) is 47.9 Å². The summed E-state index contributed by atoms with van der Waals surface area (Å²) in [7, 11) is 0. The summed E-state index contributed by atoms with van der Waals surface area (Å²) in [6.45, 7) is 3.87. The first-order chi connectivity index (χ1) is 13.7. The molecule has 0 aromatic carbocycles. The second-order valence-corrected chi connectivity index (χ2v) is 6.45. The average Bonchev–Trinajstić information content (AvgIpc) is 2.74. The van der Waals surface area contributed by atoms with Gasteiger partial charge in [-0.2, -0.15) is 0 Å². The molecule has 2 aromatic heterocycles. The monoisotopic (exact) mass is 384 g/mol. The fourth-order valence-electron chi connectivity index (χ4n) is 2.92. The summed E-state index contributed by atoms with van der Waals surface area (Å²) in [6.07, 6.45) is 4.53. The van der Waals surface area contributed by atoms with Crippen LogP contribution in [-0.4, -0.2) is 57.8 Å². The van der Waals surface area contributed by atoms with Crippen LogP contribution in [0.5, 0.6) is 0 Å². The quantitative estimate of drug-likeness (QED) is 0.782. The topological polar surface area (TPSA) is 109 Å². The van der Waals surface area contributed by atoms with Gasteiger partial charge >= 0.3 is 6.09 Å². The fraction of sp³-hybridized carbons (Fsp3) is 0.421. The minimum absolute atomic E-state index is 0.00414. The number of rotatable bonds is 6. The van der Waals surface area contributed by atoms with E-state index in [0.717, 1.165) is 5.56 Å². The summed E-state index contributed by atoms with van der Waals surface area (Å²) in [5, 5.41) is 14.2. The molecule has 0 aliphatic carbocycles. The van der Waals surface area contributed by atoms with Gasteiger partial charge in [0.2, 0.25) is 0 Å². The van der Waals surface area contributed by atoms with Crippen molar-refractivity contribution >= 4 is 17.8 Å². The van der Waals surface area contributed by atoms with Crippen molar-refractivity contribution in [2.24, 2.45) is 0 Å². The number of hydrogen-bond donors (Lipinski definition) is 2. The van der Waals surface area contributed by atoms with Gasteiger partial charge in [-0.15, -0.1) is 10.2 Å². The highest BCUT2D eigenvalue weighted by Crippen LogP contribution is 2.12. The van der Waals surface area contributed by atoms with E-state index in [1.165, 1.54) is 0 Å². The van der Waals surface area contributed by atoms with Gasteiger partial charge < -0.3 is 20.3 Å². The van der Waals surface area contributed by atoms with Gasteiger partial charge in [0.25, 0.3) is 5.91 Å². The molecule has 1 saturated heterocycles. The van der Waals surface area contributed by atoms with Gasteiger partial charge in [0.05, 0.1) is 6.61 Å². The number of carbonyl (C=O) groups excluding carboxylic acids is 2. The number of aromatic nitrogens is 3. The van der Waals surface area contributed by atoms with E-state index in [2.05, 4.69) is 25.8 Å². The van der Waals surface area contributed by atoms with Crippen LogP contribution in [0.4, 0.5) is 10.6 Å². The lowest BCUT2D eigenvalue weighted by Gasteiger charge is -2.31. The van der Waals surface area contributed by atoms with E-state index in [1.54, 1.807) is 36.4 Å². The molecule has 148 valence electrons. The molecule has 9 heteroatoms. The molecule has 3 rings (SSSR count). The highest BCUT2D eigenvalue weighted by atomic mass is 16.6. The van der Waals surface area contributed by atoms with Crippen molar-refractivity contribution in [3.8, 4) is 0 Å². The summed E-state index contributed by atoms with van der Waals surface area (Å²) < 4.78 is 5.00. The Balaban J connectivity index is 1.45. The third-order valence-electron chi connectivity index (χ3n) is 4.48. The number of piperidine rings is 1. The molecule has 28 heavy (non-hydrogen) atoms. The number of hydrogen-bond acceptors (Lipinski definition) is 7. The molecule has 1 fully saturated rings. The number of nitrogens with zero attached hydrogens (tertiary/aromatic N) is 4. The van der Waals surface area contributed by atoms with E-state index in [-0.39, 0.29) is 23.7 Å². The van der Waals surface area contributed by atoms with Gasteiger partial charge in [-0.05, 0) is 49.6 Å². The van der Waals surface area contributed by atoms with E-state index in [9.17, 15) is 9.59 Å². The summed E-state index contributed by atoms with van der Waals surface area (Å²) in [6, 6.07) is 7.20. The van der Waals surface area contributed by atoms with Gasteiger partial charge in [0.15, 0.2) is 5.69 Å². The molecule has 9 nitrogen and oxygen atoms in total. The predicted molar refractivity (Wildman–Crippen MR) is 103 cm³/mol. The van der Waals surface area contributed by atoms with Gasteiger partial charge in [-0.1, -0.05) is 0 Å². The SMILES string of the molecule is CCOC(=O)N1CCC(NC(=O)c2ccc(NCc3ccncc3)nn2)CC1. The average molecular weight is 384 g/mol. The van der Waals surface area contributed by atoms with Gasteiger partial charge in [0, 0.05) is 38.1 Å². The Hall–Kier alpha value is -3.23. The van der Waals surface area contributed by atoms with Crippen LogP contribution in [0.15, 0.2) is 36.7 Å². The molecule has 2 aromatic rings. The van der Waals surface area contributed by atoms with Crippen molar-refractivity contribution < 1.29 is 14.3 Å². The summed E-state index contributed by atoms with van der Waals surface area (Å²) >= 11 is 0. The Bertz CT molecular complexity index is 776. The third-order valence-corrected chi connectivity index (χ3v) is 4.48. The van der Waals surface area contributed by atoms with Crippen LogP contribution >= 0.6 is 0 Å². The highest BCUT2D eigenvalue weighted by molar-refractivity contribution is 5.92. The Morgan fingerprint density at radius 3 is 2.54 bits per heavy atom. The summed E-state index contributed by atoms with van der Waals surface area (Å²) in [5.74, 6) is 0.332. The molecule has 0 spiro atoms. The van der Waals surface area contributed by atoms with Crippen LogP contribution in [0.2, 0.25) is 0 Å². The first-order valence-corrected chi connectivity index (χ1v) is 9.34. The smallest absolute Gasteiger partial charge is 0.409 e. The fourth-order valence-corrected chi connectivity index (χ4v) is 2.92. The lowest BCUT2D eigenvalue weighted by atomic mass is 10.1. The Morgan fingerprint density at radius 2 is 1.89 bits per heavy atom. The van der Waals surface area contributed by atoms with Crippen LogP contribution < -0.4 is 10.6 Å². The largest absolute Gasteiger partial charge is 0.450 e. The number of nitrogens with one attached hydrogen (secondary N) is 2. The van der Waals surface area contributed by atoms with Crippen molar-refractivity contribution in [2.45, 2.75) is 32.4 Å². The van der Waals surface area contributed by atoms with Crippen molar-refractivity contribution in [3.63, 3.8) is 0 Å². The Labute approximate surface area is 163 Å². The molecule has 0 saturated carbocycles. The number of carbonyl (C=O) groups is 2. The maximum absolute atomic E-state index is 12.4. The number of ether oxygens (including phenoxy) is 1. The zero-order chi connectivity index (χ0) is 19.8. The molecular formula is C19H24N6O3. The number of anilines is 1. The molecule has 0 radical (unpaired) electrons. The van der Waals surface area contributed by atoms with Crippen molar-refractivity contribution in [2.75, 3.05) is 25.0 Å². The first-order valence-electron chi connectivity index (χ1n) is 9.34. The van der Waals surface area contributed by atoms with E-state index < -0.39 is 0 Å². The van der Waals surface area contributed by atoms with Crippen molar-refractivity contribution in [1.29, 1.82) is 0 Å². The third kappa shape index (κ3) is 5.38. The van der Waals surface area contributed by atoms with Crippen LogP contribution in [0.25, 0.3) is 0 Å². The van der Waals surface area contributed by atoms with Crippen LogP contribution in [-0.2, 0) is 11.3 Å². The number of pyridine rings is 1. The minimum atomic E-state index is -0.298. The maximum Gasteiger partial charge on any atom is 0.409 e. The lowest BCUT2D eigenvalue weighted by molar-refractivity contribution is 0.0856. The molecule has 2 amide bonds. The predicted octanol–water partition coefficient (Wildman–Crippen LogP) is 1.83. The zero-order valence-corrected chi connectivity index (χ0v) is 15.8. The lowest BCUT2D eigenvalue weighted by Crippen LogP contribution is -2.46. The standard InChI is InChI=1S/C19H24N6O3/c1-2-28-19(27)25-11-7-15(8-12-25)22-18(26)16-3-4-17(24-23-16)21-13-14-5-9-20-10-6-14/h3-6,9-10,15H,2,7-8,11-13H2,1H3,(H,21,24)(H,22,26). The van der Waals surface area contributed by atoms with E-state index in [0.29, 0.717) is 44.9 Å². The summed E-state index contributed by atoms with van der Waals surface area (Å²) in [4.78, 5) is 29.7. The van der Waals surface area contributed by atoms with E-state index in [4.69, 9.17) is 4.74 Å². The molecule has 1 aliphatic rings. The van der Waals surface area contributed by atoms with Crippen LogP contribution in [0, 0.1) is 0 Å². The highest BCUT2D eigenvalue weighted by Gasteiger charge is 2.25. The molecule has 0 unspecified atom stereocenters. The van der Waals surface area contributed by atoms with Gasteiger partial charge in [-0.3, -0.25) is 9.78 Å². The Kier molecular flexibility index (Phi) is 6.72. The van der Waals surface area contributed by atoms with Crippen LogP contribution in [0.3, 0.4) is 0 Å². The molecular weight excluding hydrogens is 360 g/mol. The molecule has 2 N–H and O–H groups in total. The minimum Gasteiger partial charge on any atom is -0.450 e. The summed E-state index contributed by atoms with van der Waals surface area (Å²) in [5.41, 5.74) is 1.34. The van der Waals surface area contributed by atoms with Gasteiger partial charge in [-0.25, -0.2) is 4.79 Å². The maximum atomic E-state index is 12.4. The molecule has 0 bridgehead atoms. The number of amides is 2. The molecule has 1 aliphatic heterocycles. The van der Waals surface area contributed by atoms with E-state index in [1.807, 2.05) is 12.1 Å². The van der Waals surface area contributed by atoms with E-state index >= 15 is 0 Å². The first kappa shape index (κ1) is 19.5. The van der Waals surface area contributed by atoms with Crippen LogP contribution in [0.1, 0.15) is 35.8 Å². The van der Waals surface area contributed by atoms with Gasteiger partial charge in [0.1, 0.15) is 5.82 Å². The molecule has 0 atom stereocenters. The van der Waals surface area contributed by atoms with Crippen molar-refractivity contribution in [1.82, 2.24) is 25.4 Å². The second kappa shape index (κ2) is 9.63. The number of likely N-dealkylation sites (tertiary alicyclic amines) is 1. The zero-order valence-electron chi connectivity index (χ0n) is 15.8. The normalized spacial score (nSPS) is 14.4.